The van der Waals surface area contributed by atoms with Crippen LogP contribution in [0, 0.1) is 16.7 Å². The number of carbonyl (C=O) groups is 1. The highest BCUT2D eigenvalue weighted by atomic mass is 32.2. The van der Waals surface area contributed by atoms with Gasteiger partial charge in [-0.1, -0.05) is 25.7 Å². The van der Waals surface area contributed by atoms with E-state index in [4.69, 9.17) is 9.29 Å². The van der Waals surface area contributed by atoms with Gasteiger partial charge in [-0.25, -0.2) is 4.79 Å². The maximum Gasteiger partial charge on any atom is 0.465 e. The largest absolute Gasteiger partial charge is 0.465 e. The zero-order valence-electron chi connectivity index (χ0n) is 18.1. The van der Waals surface area contributed by atoms with Crippen molar-refractivity contribution in [3.05, 3.63) is 0 Å². The fourth-order valence-electron chi connectivity index (χ4n) is 8.84. The number of aliphatic hydroxyl groups is 2. The number of halogens is 2. The summed E-state index contributed by atoms with van der Waals surface area (Å²) in [5.41, 5.74) is -4.77. The van der Waals surface area contributed by atoms with E-state index in [1.807, 2.05) is 0 Å². The summed E-state index contributed by atoms with van der Waals surface area (Å²) < 4.78 is 64.8. The van der Waals surface area contributed by atoms with Crippen LogP contribution in [-0.4, -0.2) is 51.2 Å². The van der Waals surface area contributed by atoms with Gasteiger partial charge in [-0.05, 0) is 70.1 Å². The van der Waals surface area contributed by atoms with Crippen LogP contribution in [0.3, 0.4) is 0 Å². The predicted octanol–water partition coefficient (Wildman–Crippen LogP) is 3.33. The van der Waals surface area contributed by atoms with Crippen molar-refractivity contribution in [2.45, 2.75) is 112 Å². The number of hydrogen-bond donors (Lipinski definition) is 3. The zero-order valence-corrected chi connectivity index (χ0v) is 18.9. The second-order valence-electron chi connectivity index (χ2n) is 11.6. The summed E-state index contributed by atoms with van der Waals surface area (Å²) in [6.07, 6.45) is 8.36. The number of carbonyl (C=O) groups excluding carboxylic acids is 1. The molecule has 182 valence electrons. The molecule has 2 unspecified atom stereocenters. The average molecular weight is 479 g/mol. The molecule has 0 aromatic heterocycles. The topological polar surface area (TPSA) is 121 Å². The van der Waals surface area contributed by atoms with Crippen LogP contribution < -0.4 is 0 Å². The molecular weight excluding hydrogens is 446 g/mol. The Balaban J connectivity index is 1.57. The van der Waals surface area contributed by atoms with Gasteiger partial charge in [0.15, 0.2) is 0 Å². The minimum absolute atomic E-state index is 0.0207. The molecule has 7 nitrogen and oxygen atoms in total. The van der Waals surface area contributed by atoms with Gasteiger partial charge in [-0.2, -0.15) is 17.2 Å². The Kier molecular flexibility index (Phi) is 4.76. The molecule has 6 aliphatic carbocycles. The van der Waals surface area contributed by atoms with Gasteiger partial charge in [-0.3, -0.25) is 4.55 Å². The lowest BCUT2D eigenvalue weighted by Crippen LogP contribution is -2.71. The Morgan fingerprint density at radius 3 is 1.69 bits per heavy atom. The Labute approximate surface area is 186 Å². The molecule has 4 bridgehead atoms. The molecule has 2 atom stereocenters. The van der Waals surface area contributed by atoms with Crippen LogP contribution in [-0.2, 0) is 19.6 Å². The molecule has 0 aromatic rings. The molecule has 6 rings (SSSR count). The third-order valence-corrected chi connectivity index (χ3v) is 10.5. The van der Waals surface area contributed by atoms with Crippen molar-refractivity contribution in [1.82, 2.24) is 0 Å². The monoisotopic (exact) mass is 478 g/mol. The molecule has 0 heterocycles. The van der Waals surface area contributed by atoms with Gasteiger partial charge in [0.25, 0.3) is 0 Å². The van der Waals surface area contributed by atoms with Gasteiger partial charge in [0.1, 0.15) is 5.60 Å². The molecule has 0 aliphatic heterocycles. The number of rotatable bonds is 5. The Morgan fingerprint density at radius 1 is 0.844 bits per heavy atom. The van der Waals surface area contributed by atoms with Gasteiger partial charge in [0, 0.05) is 10.8 Å². The number of hydrogen-bond acceptors (Lipinski definition) is 6. The lowest BCUT2D eigenvalue weighted by molar-refractivity contribution is -0.297. The first-order valence-electron chi connectivity index (χ1n) is 11.7. The van der Waals surface area contributed by atoms with Crippen LogP contribution in [0.15, 0.2) is 0 Å². The van der Waals surface area contributed by atoms with E-state index < -0.39 is 49.0 Å². The minimum Gasteiger partial charge on any atom is -0.454 e. The second-order valence-corrected chi connectivity index (χ2v) is 13.1. The van der Waals surface area contributed by atoms with E-state index in [-0.39, 0.29) is 18.8 Å². The number of alkyl halides is 2. The van der Waals surface area contributed by atoms with Gasteiger partial charge in [0.2, 0.25) is 0 Å². The molecule has 0 aromatic carbocycles. The van der Waals surface area contributed by atoms with Crippen molar-refractivity contribution in [1.29, 1.82) is 0 Å². The molecule has 3 N–H and O–H groups in total. The first kappa shape index (κ1) is 22.9. The Hall–Kier alpha value is -0.840. The lowest BCUT2D eigenvalue weighted by Gasteiger charge is -2.71. The van der Waals surface area contributed by atoms with Crippen LogP contribution in [0.5, 0.6) is 0 Å². The van der Waals surface area contributed by atoms with Crippen LogP contribution >= 0.6 is 0 Å². The number of esters is 1. The Morgan fingerprint density at radius 2 is 1.28 bits per heavy atom. The molecule has 32 heavy (non-hydrogen) atoms. The van der Waals surface area contributed by atoms with Gasteiger partial charge >= 0.3 is 21.3 Å². The summed E-state index contributed by atoms with van der Waals surface area (Å²) in [6, 6.07) is 0. The van der Waals surface area contributed by atoms with E-state index in [9.17, 15) is 32.2 Å². The fourth-order valence-corrected chi connectivity index (χ4v) is 9.10. The SMILES string of the molecule is O=C(OC12CC3CC(C4(O)CCCC4)(C1)CC(C1(O)CCCC1)(C3)C2)C(F)(F)S(=O)(=O)O. The van der Waals surface area contributed by atoms with Gasteiger partial charge in [-0.15, -0.1) is 0 Å². The van der Waals surface area contributed by atoms with Crippen molar-refractivity contribution in [3.63, 3.8) is 0 Å². The first-order chi connectivity index (χ1) is 14.7. The van der Waals surface area contributed by atoms with Crippen molar-refractivity contribution >= 4 is 16.1 Å². The highest BCUT2D eigenvalue weighted by Gasteiger charge is 2.74. The molecule has 10 heteroatoms. The van der Waals surface area contributed by atoms with E-state index in [1.165, 1.54) is 0 Å². The second kappa shape index (κ2) is 6.64. The third kappa shape index (κ3) is 2.98. The van der Waals surface area contributed by atoms with E-state index in [0.29, 0.717) is 51.4 Å². The molecular formula is C22H32F2O7S. The number of ether oxygens (including phenoxy) is 1. The fraction of sp³-hybridized carbons (Fsp3) is 0.955. The molecule has 0 amide bonds. The summed E-state index contributed by atoms with van der Waals surface area (Å²) in [7, 11) is -5.98. The smallest absolute Gasteiger partial charge is 0.454 e. The van der Waals surface area contributed by atoms with Crippen LogP contribution in [0.4, 0.5) is 8.78 Å². The predicted molar refractivity (Wildman–Crippen MR) is 108 cm³/mol. The maximum absolute atomic E-state index is 14.1. The van der Waals surface area contributed by atoms with Crippen LogP contribution in [0.1, 0.15) is 89.9 Å². The van der Waals surface area contributed by atoms with Crippen LogP contribution in [0.2, 0.25) is 0 Å². The highest BCUT2D eigenvalue weighted by Crippen LogP contribution is 2.75. The van der Waals surface area contributed by atoms with Crippen molar-refractivity contribution < 1.29 is 41.5 Å². The standard InChI is InChI=1S/C22H32F2O7S/c23-22(24,32(28,29)30)16(25)31-19-11-15-9-17(13-19,20(26)5-1-2-6-20)12-18(10-15,14-19)21(27)7-3-4-8-21/h15,26-27H,1-14H2,(H,28,29,30). The summed E-state index contributed by atoms with van der Waals surface area (Å²) in [5.74, 6) is -2.29. The highest BCUT2D eigenvalue weighted by molar-refractivity contribution is 7.87. The van der Waals surface area contributed by atoms with E-state index in [1.54, 1.807) is 0 Å². The van der Waals surface area contributed by atoms with Crippen molar-refractivity contribution in [2.75, 3.05) is 0 Å². The first-order valence-corrected chi connectivity index (χ1v) is 13.2. The summed E-state index contributed by atoms with van der Waals surface area (Å²) in [5, 5.41) is 18.4. The van der Waals surface area contributed by atoms with E-state index >= 15 is 0 Å². The van der Waals surface area contributed by atoms with E-state index in [2.05, 4.69) is 0 Å². The van der Waals surface area contributed by atoms with Gasteiger partial charge in [0.05, 0.1) is 11.2 Å². The summed E-state index contributed by atoms with van der Waals surface area (Å²) in [4.78, 5) is 12.4. The third-order valence-electron chi connectivity index (χ3n) is 9.72. The molecule has 6 aliphatic rings. The maximum atomic E-state index is 14.1. The molecule has 0 saturated heterocycles. The Bertz CT molecular complexity index is 883. The molecule has 0 radical (unpaired) electrons. The van der Waals surface area contributed by atoms with Gasteiger partial charge < -0.3 is 14.9 Å². The molecule has 6 saturated carbocycles. The molecule has 0 spiro atoms. The van der Waals surface area contributed by atoms with Crippen LogP contribution in [0.25, 0.3) is 0 Å². The van der Waals surface area contributed by atoms with E-state index in [0.717, 1.165) is 25.7 Å². The van der Waals surface area contributed by atoms with Crippen molar-refractivity contribution in [3.8, 4) is 0 Å². The molecule has 6 fully saturated rings. The summed E-state index contributed by atoms with van der Waals surface area (Å²) in [6.45, 7) is 0. The average Bonchev–Trinajstić information content (AvgIpc) is 3.30. The minimum atomic E-state index is -5.98. The summed E-state index contributed by atoms with van der Waals surface area (Å²) >= 11 is 0. The lowest BCUT2D eigenvalue weighted by atomic mass is 9.36. The normalized spacial score (nSPS) is 42.3. The van der Waals surface area contributed by atoms with Crippen molar-refractivity contribution in [2.24, 2.45) is 16.7 Å². The quantitative estimate of drug-likeness (QED) is 0.409. The zero-order chi connectivity index (χ0) is 23.3.